The highest BCUT2D eigenvalue weighted by Crippen LogP contribution is 2.15. The van der Waals surface area contributed by atoms with E-state index in [-0.39, 0.29) is 0 Å². The molecule has 0 bridgehead atoms. The minimum Gasteiger partial charge on any atom is -0.215 e. The molecule has 0 aliphatic rings. The molecule has 0 aromatic carbocycles. The molecule has 0 aliphatic carbocycles. The van der Waals surface area contributed by atoms with E-state index in [1.54, 1.807) is 0 Å². The number of unbranched alkanes of at least 4 members (excludes halogenated alkanes) is 30. The van der Waals surface area contributed by atoms with Gasteiger partial charge in [-0.3, -0.25) is 0 Å². The van der Waals surface area contributed by atoms with Crippen molar-refractivity contribution in [3.8, 4) is 0 Å². The summed E-state index contributed by atoms with van der Waals surface area (Å²) in [6.45, 7) is 5.19. The van der Waals surface area contributed by atoms with Gasteiger partial charge in [0.1, 0.15) is 0 Å². The molecule has 0 amide bonds. The SMILES string of the molecule is CCCCCCCCCCCCCCCCCCNS(=O)(=O)CCCCCCCCCCCCCCCCCC. The van der Waals surface area contributed by atoms with Gasteiger partial charge in [-0.2, -0.15) is 0 Å². The summed E-state index contributed by atoms with van der Waals surface area (Å²) in [5, 5.41) is 0. The lowest BCUT2D eigenvalue weighted by Crippen LogP contribution is -2.27. The van der Waals surface area contributed by atoms with Crippen LogP contribution in [0.3, 0.4) is 0 Å². The molecule has 0 aliphatic heterocycles. The van der Waals surface area contributed by atoms with E-state index in [0.29, 0.717) is 12.3 Å². The monoisotopic (exact) mass is 586 g/mol. The minimum atomic E-state index is -3.07. The Hall–Kier alpha value is -0.0900. The highest BCUT2D eigenvalue weighted by molar-refractivity contribution is 7.89. The molecular formula is C36H75NO2S. The molecule has 242 valence electrons. The highest BCUT2D eigenvalue weighted by atomic mass is 32.2. The first-order valence-electron chi connectivity index (χ1n) is 18.6. The molecule has 0 aromatic heterocycles. The van der Waals surface area contributed by atoms with Crippen LogP contribution in [0.4, 0.5) is 0 Å². The van der Waals surface area contributed by atoms with Crippen molar-refractivity contribution >= 4 is 10.0 Å². The molecule has 40 heavy (non-hydrogen) atoms. The quantitative estimate of drug-likeness (QED) is 0.0752. The summed E-state index contributed by atoms with van der Waals surface area (Å²) in [7, 11) is -3.07. The number of hydrogen-bond donors (Lipinski definition) is 1. The molecule has 4 heteroatoms. The number of hydrogen-bond acceptors (Lipinski definition) is 2. The van der Waals surface area contributed by atoms with Crippen LogP contribution < -0.4 is 4.72 Å². The molecule has 0 radical (unpaired) electrons. The second kappa shape index (κ2) is 33.4. The van der Waals surface area contributed by atoms with E-state index in [1.807, 2.05) is 0 Å². The molecular weight excluding hydrogens is 510 g/mol. The summed E-state index contributed by atoms with van der Waals surface area (Å²) in [5.74, 6) is 0.310. The van der Waals surface area contributed by atoms with Gasteiger partial charge in [-0.05, 0) is 12.8 Å². The normalized spacial score (nSPS) is 11.9. The molecule has 1 N–H and O–H groups in total. The Morgan fingerprint density at radius 3 is 0.825 bits per heavy atom. The Morgan fingerprint density at radius 2 is 0.550 bits per heavy atom. The molecule has 0 spiro atoms. The Labute approximate surface area is 254 Å². The van der Waals surface area contributed by atoms with Gasteiger partial charge in [0, 0.05) is 6.54 Å². The third-order valence-electron chi connectivity index (χ3n) is 8.62. The molecule has 0 unspecified atom stereocenters. The van der Waals surface area contributed by atoms with Gasteiger partial charge in [-0.25, -0.2) is 13.1 Å². The number of sulfonamides is 1. The fourth-order valence-corrected chi connectivity index (χ4v) is 7.00. The van der Waals surface area contributed by atoms with E-state index < -0.39 is 10.0 Å². The van der Waals surface area contributed by atoms with Gasteiger partial charge < -0.3 is 0 Å². The second-order valence-corrected chi connectivity index (χ2v) is 14.7. The van der Waals surface area contributed by atoms with E-state index in [9.17, 15) is 8.42 Å². The van der Waals surface area contributed by atoms with Gasteiger partial charge in [0.15, 0.2) is 0 Å². The summed E-state index contributed by atoms with van der Waals surface area (Å²) in [6.07, 6.45) is 42.7. The van der Waals surface area contributed by atoms with Crippen molar-refractivity contribution in [3.05, 3.63) is 0 Å². The Bertz CT molecular complexity index is 563. The fourth-order valence-electron chi connectivity index (χ4n) is 5.81. The summed E-state index contributed by atoms with van der Waals surface area (Å²) < 4.78 is 27.3. The van der Waals surface area contributed by atoms with Crippen molar-refractivity contribution < 1.29 is 8.42 Å². The average Bonchev–Trinajstić information content (AvgIpc) is 2.94. The molecule has 0 saturated heterocycles. The predicted octanol–water partition coefficient (Wildman–Crippen LogP) is 12.4. The third kappa shape index (κ3) is 34.1. The van der Waals surface area contributed by atoms with E-state index in [4.69, 9.17) is 0 Å². The summed E-state index contributed by atoms with van der Waals surface area (Å²) >= 11 is 0. The molecule has 0 saturated carbocycles. The Morgan fingerprint density at radius 1 is 0.325 bits per heavy atom. The molecule has 0 aromatic rings. The van der Waals surface area contributed by atoms with Gasteiger partial charge in [0.2, 0.25) is 10.0 Å². The lowest BCUT2D eigenvalue weighted by Gasteiger charge is -2.07. The molecule has 0 rings (SSSR count). The molecule has 0 heterocycles. The number of rotatable bonds is 35. The predicted molar refractivity (Wildman–Crippen MR) is 181 cm³/mol. The van der Waals surface area contributed by atoms with Crippen molar-refractivity contribution in [1.82, 2.24) is 4.72 Å². The van der Waals surface area contributed by atoms with Crippen LogP contribution in [0.25, 0.3) is 0 Å². The Kier molecular flexibility index (Phi) is 33.3. The van der Waals surface area contributed by atoms with Crippen molar-refractivity contribution in [3.63, 3.8) is 0 Å². The zero-order chi connectivity index (χ0) is 29.2. The van der Waals surface area contributed by atoms with Crippen molar-refractivity contribution in [1.29, 1.82) is 0 Å². The van der Waals surface area contributed by atoms with Crippen LogP contribution in [0.5, 0.6) is 0 Å². The standard InChI is InChI=1S/C36H75NO2S/c1-3-5-7-9-11-13-15-17-19-21-23-25-27-29-31-33-35-37-40(38,39)36-34-32-30-28-26-24-22-20-18-16-14-12-10-8-6-4-2/h37H,3-36H2,1-2H3. The van der Waals surface area contributed by atoms with E-state index >= 15 is 0 Å². The maximum atomic E-state index is 12.2. The van der Waals surface area contributed by atoms with Gasteiger partial charge in [-0.1, -0.05) is 206 Å². The summed E-state index contributed by atoms with van der Waals surface area (Å²) in [4.78, 5) is 0. The lowest BCUT2D eigenvalue weighted by molar-refractivity contribution is 0.527. The minimum absolute atomic E-state index is 0.310. The maximum absolute atomic E-state index is 12.2. The first-order chi connectivity index (χ1) is 19.6. The van der Waals surface area contributed by atoms with Gasteiger partial charge in [0.25, 0.3) is 0 Å². The van der Waals surface area contributed by atoms with Crippen LogP contribution in [0.1, 0.15) is 219 Å². The topological polar surface area (TPSA) is 46.2 Å². The maximum Gasteiger partial charge on any atom is 0.211 e. The van der Waals surface area contributed by atoms with E-state index in [1.165, 1.54) is 180 Å². The van der Waals surface area contributed by atoms with Crippen LogP contribution >= 0.6 is 0 Å². The van der Waals surface area contributed by atoms with Crippen LogP contribution in [0.2, 0.25) is 0 Å². The van der Waals surface area contributed by atoms with Crippen molar-refractivity contribution in [2.45, 2.75) is 219 Å². The van der Waals surface area contributed by atoms with Gasteiger partial charge in [0.05, 0.1) is 5.75 Å². The van der Waals surface area contributed by atoms with Crippen molar-refractivity contribution in [2.24, 2.45) is 0 Å². The van der Waals surface area contributed by atoms with Gasteiger partial charge in [-0.15, -0.1) is 0 Å². The molecule has 0 atom stereocenters. The highest BCUT2D eigenvalue weighted by Gasteiger charge is 2.08. The third-order valence-corrected chi connectivity index (χ3v) is 10.1. The lowest BCUT2D eigenvalue weighted by atomic mass is 10.0. The fraction of sp³-hybridized carbons (Fsp3) is 1.00. The average molecular weight is 586 g/mol. The molecule has 0 fully saturated rings. The van der Waals surface area contributed by atoms with Crippen LogP contribution in [0, 0.1) is 0 Å². The first-order valence-corrected chi connectivity index (χ1v) is 20.2. The van der Waals surface area contributed by atoms with E-state index in [0.717, 1.165) is 25.7 Å². The molecule has 3 nitrogen and oxygen atoms in total. The first kappa shape index (κ1) is 39.9. The zero-order valence-electron chi connectivity index (χ0n) is 27.8. The van der Waals surface area contributed by atoms with Gasteiger partial charge >= 0.3 is 0 Å². The van der Waals surface area contributed by atoms with Crippen LogP contribution in [0.15, 0.2) is 0 Å². The summed E-state index contributed by atoms with van der Waals surface area (Å²) in [5.41, 5.74) is 0. The zero-order valence-corrected chi connectivity index (χ0v) is 28.6. The second-order valence-electron chi connectivity index (χ2n) is 12.8. The Balaban J connectivity index is 3.27. The number of nitrogens with one attached hydrogen (secondary N) is 1. The summed E-state index contributed by atoms with van der Waals surface area (Å²) in [6, 6.07) is 0. The van der Waals surface area contributed by atoms with Crippen LogP contribution in [-0.2, 0) is 10.0 Å². The van der Waals surface area contributed by atoms with E-state index in [2.05, 4.69) is 18.6 Å². The van der Waals surface area contributed by atoms with Crippen LogP contribution in [-0.4, -0.2) is 20.7 Å². The van der Waals surface area contributed by atoms with Crippen molar-refractivity contribution in [2.75, 3.05) is 12.3 Å². The largest absolute Gasteiger partial charge is 0.215 e. The smallest absolute Gasteiger partial charge is 0.211 e.